The lowest BCUT2D eigenvalue weighted by atomic mass is 10.2. The Morgan fingerprint density at radius 2 is 1.70 bits per heavy atom. The van der Waals surface area contributed by atoms with E-state index in [1.165, 1.54) is 7.05 Å². The predicted molar refractivity (Wildman–Crippen MR) is 115 cm³/mol. The highest BCUT2D eigenvalue weighted by Gasteiger charge is 2.13. The minimum atomic E-state index is -3.33. The molecule has 0 aliphatic heterocycles. The van der Waals surface area contributed by atoms with Gasteiger partial charge < -0.3 is 5.32 Å². The number of anilines is 1. The Kier molecular flexibility index (Phi) is 7.85. The summed E-state index contributed by atoms with van der Waals surface area (Å²) in [5.41, 5.74) is 1.86. The van der Waals surface area contributed by atoms with Crippen molar-refractivity contribution in [3.05, 3.63) is 63.6 Å². The molecule has 0 unspecified atom stereocenters. The maximum atomic E-state index is 12.2. The Hall–Kier alpha value is -1.41. The number of carbonyl (C=O) groups is 1. The fourth-order valence-electron chi connectivity index (χ4n) is 2.20. The van der Waals surface area contributed by atoms with Crippen molar-refractivity contribution in [3.8, 4) is 0 Å². The van der Waals surface area contributed by atoms with Crippen LogP contribution in [0.5, 0.6) is 0 Å². The lowest BCUT2D eigenvalue weighted by Crippen LogP contribution is -2.26. The molecule has 0 bridgehead atoms. The third-order valence-corrected chi connectivity index (χ3v) is 6.73. The standard InChI is InChI=1S/C18H20Cl2N2O3S2/c1-22(27(2,24)25)14-8-6-13(7-9-14)18(23)21-10-11-26-12-15-16(19)4-3-5-17(15)20/h3-9H,10-12H2,1-2H3,(H,21,23). The number of hydrogen-bond acceptors (Lipinski definition) is 4. The highest BCUT2D eigenvalue weighted by Crippen LogP contribution is 2.28. The van der Waals surface area contributed by atoms with Crippen LogP contribution in [0.25, 0.3) is 0 Å². The number of rotatable bonds is 8. The summed E-state index contributed by atoms with van der Waals surface area (Å²) in [7, 11) is -1.86. The van der Waals surface area contributed by atoms with Gasteiger partial charge in [-0.1, -0.05) is 29.3 Å². The summed E-state index contributed by atoms with van der Waals surface area (Å²) < 4.78 is 24.2. The summed E-state index contributed by atoms with van der Waals surface area (Å²) >= 11 is 13.9. The number of sulfonamides is 1. The molecule has 2 aromatic carbocycles. The maximum absolute atomic E-state index is 12.2. The van der Waals surface area contributed by atoms with Crippen molar-refractivity contribution < 1.29 is 13.2 Å². The van der Waals surface area contributed by atoms with Gasteiger partial charge in [0.05, 0.1) is 11.9 Å². The molecule has 0 saturated carbocycles. The zero-order valence-electron chi connectivity index (χ0n) is 14.9. The molecule has 146 valence electrons. The summed E-state index contributed by atoms with van der Waals surface area (Å²) in [5, 5.41) is 4.11. The molecule has 0 aromatic heterocycles. The van der Waals surface area contributed by atoms with Crippen LogP contribution in [-0.4, -0.2) is 39.9 Å². The first-order valence-corrected chi connectivity index (χ1v) is 11.8. The zero-order chi connectivity index (χ0) is 20.0. The Morgan fingerprint density at radius 3 is 2.26 bits per heavy atom. The monoisotopic (exact) mass is 446 g/mol. The molecule has 0 heterocycles. The largest absolute Gasteiger partial charge is 0.351 e. The van der Waals surface area contributed by atoms with Crippen LogP contribution in [0.15, 0.2) is 42.5 Å². The molecule has 0 aliphatic rings. The highest BCUT2D eigenvalue weighted by atomic mass is 35.5. The van der Waals surface area contributed by atoms with Gasteiger partial charge in [0, 0.05) is 40.7 Å². The van der Waals surface area contributed by atoms with Crippen molar-refractivity contribution in [2.75, 3.05) is 29.9 Å². The number of benzene rings is 2. The van der Waals surface area contributed by atoms with E-state index >= 15 is 0 Å². The quantitative estimate of drug-likeness (QED) is 0.620. The van der Waals surface area contributed by atoms with E-state index in [-0.39, 0.29) is 5.91 Å². The van der Waals surface area contributed by atoms with Gasteiger partial charge in [-0.25, -0.2) is 8.42 Å². The van der Waals surface area contributed by atoms with E-state index < -0.39 is 10.0 Å². The number of hydrogen-bond donors (Lipinski definition) is 1. The molecule has 0 atom stereocenters. The lowest BCUT2D eigenvalue weighted by molar-refractivity contribution is 0.0956. The number of carbonyl (C=O) groups excluding carboxylic acids is 1. The van der Waals surface area contributed by atoms with Crippen LogP contribution in [0.2, 0.25) is 10.0 Å². The minimum absolute atomic E-state index is 0.208. The zero-order valence-corrected chi connectivity index (χ0v) is 18.1. The topological polar surface area (TPSA) is 66.5 Å². The van der Waals surface area contributed by atoms with Crippen LogP contribution in [-0.2, 0) is 15.8 Å². The molecular weight excluding hydrogens is 427 g/mol. The number of nitrogens with one attached hydrogen (secondary N) is 1. The number of amides is 1. The SMILES string of the molecule is CN(c1ccc(C(=O)NCCSCc2c(Cl)cccc2Cl)cc1)S(C)(=O)=O. The molecule has 1 amide bonds. The second kappa shape index (κ2) is 9.68. The van der Waals surface area contributed by atoms with Crippen molar-refractivity contribution in [2.24, 2.45) is 0 Å². The Bertz CT molecular complexity index is 883. The van der Waals surface area contributed by atoms with Gasteiger partial charge in [0.15, 0.2) is 0 Å². The van der Waals surface area contributed by atoms with Gasteiger partial charge in [-0.05, 0) is 42.0 Å². The lowest BCUT2D eigenvalue weighted by Gasteiger charge is -2.16. The summed E-state index contributed by atoms with van der Waals surface area (Å²) in [6, 6.07) is 11.8. The van der Waals surface area contributed by atoms with Crippen molar-refractivity contribution >= 4 is 56.6 Å². The van der Waals surface area contributed by atoms with Crippen molar-refractivity contribution in [1.82, 2.24) is 5.32 Å². The fourth-order valence-corrected chi connectivity index (χ4v) is 4.30. The molecule has 2 rings (SSSR count). The van der Waals surface area contributed by atoms with E-state index in [4.69, 9.17) is 23.2 Å². The smallest absolute Gasteiger partial charge is 0.251 e. The number of thioether (sulfide) groups is 1. The molecule has 2 aromatic rings. The third-order valence-electron chi connectivity index (χ3n) is 3.83. The van der Waals surface area contributed by atoms with Gasteiger partial charge in [-0.3, -0.25) is 9.10 Å². The van der Waals surface area contributed by atoms with Crippen molar-refractivity contribution in [3.63, 3.8) is 0 Å². The number of nitrogens with zero attached hydrogens (tertiary/aromatic N) is 1. The molecule has 5 nitrogen and oxygen atoms in total. The third kappa shape index (κ3) is 6.31. The van der Waals surface area contributed by atoms with Crippen LogP contribution in [0.3, 0.4) is 0 Å². The molecule has 0 aliphatic carbocycles. The van der Waals surface area contributed by atoms with E-state index in [0.717, 1.165) is 16.1 Å². The average molecular weight is 447 g/mol. The molecule has 27 heavy (non-hydrogen) atoms. The summed E-state index contributed by atoms with van der Waals surface area (Å²) in [6.45, 7) is 0.497. The van der Waals surface area contributed by atoms with Crippen LogP contribution in [0, 0.1) is 0 Å². The molecule has 9 heteroatoms. The molecular formula is C18H20Cl2N2O3S2. The molecule has 0 fully saturated rings. The Labute approximate surface area is 174 Å². The van der Waals surface area contributed by atoms with Gasteiger partial charge in [0.2, 0.25) is 10.0 Å². The van der Waals surface area contributed by atoms with Crippen LogP contribution >= 0.6 is 35.0 Å². The van der Waals surface area contributed by atoms with E-state index in [1.807, 2.05) is 0 Å². The van der Waals surface area contributed by atoms with Gasteiger partial charge in [-0.2, -0.15) is 11.8 Å². The Morgan fingerprint density at radius 1 is 1.11 bits per heavy atom. The average Bonchev–Trinajstić information content (AvgIpc) is 2.62. The first-order chi connectivity index (χ1) is 12.7. The molecule has 0 spiro atoms. The van der Waals surface area contributed by atoms with Gasteiger partial charge in [-0.15, -0.1) is 0 Å². The van der Waals surface area contributed by atoms with Crippen molar-refractivity contribution in [1.29, 1.82) is 0 Å². The van der Waals surface area contributed by atoms with E-state index in [9.17, 15) is 13.2 Å². The van der Waals surface area contributed by atoms with Gasteiger partial charge in [0.1, 0.15) is 0 Å². The Balaban J connectivity index is 1.81. The van der Waals surface area contributed by atoms with Crippen LogP contribution < -0.4 is 9.62 Å². The fraction of sp³-hybridized carbons (Fsp3) is 0.278. The summed E-state index contributed by atoms with van der Waals surface area (Å²) in [6.07, 6.45) is 1.13. The predicted octanol–water partition coefficient (Wildman–Crippen LogP) is 4.05. The van der Waals surface area contributed by atoms with Crippen molar-refractivity contribution in [2.45, 2.75) is 5.75 Å². The van der Waals surface area contributed by atoms with Gasteiger partial charge >= 0.3 is 0 Å². The molecule has 0 saturated heterocycles. The second-order valence-electron chi connectivity index (χ2n) is 5.79. The summed E-state index contributed by atoms with van der Waals surface area (Å²) in [4.78, 5) is 12.2. The second-order valence-corrected chi connectivity index (χ2v) is 9.72. The molecule has 1 N–H and O–H groups in total. The highest BCUT2D eigenvalue weighted by molar-refractivity contribution is 7.98. The van der Waals surface area contributed by atoms with E-state index in [1.54, 1.807) is 54.2 Å². The van der Waals surface area contributed by atoms with E-state index in [2.05, 4.69) is 5.32 Å². The first kappa shape index (κ1) is 21.9. The summed E-state index contributed by atoms with van der Waals surface area (Å²) in [5.74, 6) is 1.17. The van der Waals surface area contributed by atoms with Crippen LogP contribution in [0.1, 0.15) is 15.9 Å². The van der Waals surface area contributed by atoms with Crippen LogP contribution in [0.4, 0.5) is 5.69 Å². The normalized spacial score (nSPS) is 11.3. The van der Waals surface area contributed by atoms with E-state index in [0.29, 0.717) is 39.3 Å². The molecule has 0 radical (unpaired) electrons. The number of halogens is 2. The minimum Gasteiger partial charge on any atom is -0.351 e. The maximum Gasteiger partial charge on any atom is 0.251 e. The van der Waals surface area contributed by atoms with Gasteiger partial charge in [0.25, 0.3) is 5.91 Å². The first-order valence-electron chi connectivity index (χ1n) is 8.03.